The Bertz CT molecular complexity index is 478. The predicted octanol–water partition coefficient (Wildman–Crippen LogP) is 1.78. The van der Waals surface area contributed by atoms with Crippen molar-refractivity contribution in [2.75, 3.05) is 12.0 Å². The van der Waals surface area contributed by atoms with Crippen LogP contribution < -0.4 is 9.64 Å². The van der Waals surface area contributed by atoms with Gasteiger partial charge in [-0.2, -0.15) is 0 Å². The number of carbonyl (C=O) groups excluding carboxylic acids is 2. The fourth-order valence-corrected chi connectivity index (χ4v) is 1.67. The van der Waals surface area contributed by atoms with Crippen molar-refractivity contribution in [3.8, 4) is 5.75 Å². The molecule has 1 aromatic carbocycles. The predicted molar refractivity (Wildman–Crippen MR) is 59.6 cm³/mol. The molecule has 82 valence electrons. The first kappa shape index (κ1) is 10.7. The van der Waals surface area contributed by atoms with Crippen LogP contribution in [0, 0.1) is 0 Å². The lowest BCUT2D eigenvalue weighted by Crippen LogP contribution is -2.29. The van der Waals surface area contributed by atoms with E-state index >= 15 is 0 Å². The molecule has 0 aliphatic carbocycles. The van der Waals surface area contributed by atoms with Crippen LogP contribution in [0.2, 0.25) is 5.02 Å². The van der Waals surface area contributed by atoms with Crippen LogP contribution in [-0.4, -0.2) is 18.9 Å². The summed E-state index contributed by atoms with van der Waals surface area (Å²) in [5, 5.41) is 0.404. The van der Waals surface area contributed by atoms with E-state index in [1.807, 2.05) is 0 Å². The minimum Gasteiger partial charge on any atom is -0.497 e. The number of anilines is 1. The summed E-state index contributed by atoms with van der Waals surface area (Å²) in [6, 6.07) is 4.71. The number of nitrogens with zero attached hydrogens (tertiary/aromatic N) is 1. The number of halogens is 1. The molecule has 2 rings (SSSR count). The number of benzene rings is 1. The maximum absolute atomic E-state index is 11.4. The number of ether oxygens (including phenoxy) is 1. The lowest BCUT2D eigenvalue weighted by molar-refractivity contribution is -0.119. The Morgan fingerprint density at radius 2 is 1.75 bits per heavy atom. The zero-order chi connectivity index (χ0) is 11.7. The molecule has 0 fully saturated rings. The molecule has 4 nitrogen and oxygen atoms in total. The van der Waals surface area contributed by atoms with Gasteiger partial charge < -0.3 is 4.74 Å². The molecule has 5 heteroatoms. The van der Waals surface area contributed by atoms with Gasteiger partial charge in [-0.05, 0) is 12.1 Å². The van der Waals surface area contributed by atoms with Gasteiger partial charge in [0.25, 0.3) is 11.8 Å². The first-order valence-electron chi connectivity index (χ1n) is 4.52. The van der Waals surface area contributed by atoms with Gasteiger partial charge in [0.2, 0.25) is 0 Å². The summed E-state index contributed by atoms with van der Waals surface area (Å²) in [7, 11) is 1.49. The van der Waals surface area contributed by atoms with Crippen molar-refractivity contribution in [2.24, 2.45) is 0 Å². The minimum atomic E-state index is -0.380. The van der Waals surface area contributed by atoms with Crippen molar-refractivity contribution in [1.82, 2.24) is 0 Å². The number of hydrogen-bond donors (Lipinski definition) is 0. The third-order valence-corrected chi connectivity index (χ3v) is 2.38. The molecule has 1 aliphatic heterocycles. The highest BCUT2D eigenvalue weighted by Crippen LogP contribution is 2.28. The molecule has 0 saturated heterocycles. The van der Waals surface area contributed by atoms with Gasteiger partial charge >= 0.3 is 0 Å². The second-order valence-corrected chi connectivity index (χ2v) is 3.63. The molecule has 2 amide bonds. The van der Waals surface area contributed by atoms with Crippen LogP contribution in [0.15, 0.2) is 30.4 Å². The topological polar surface area (TPSA) is 46.6 Å². The van der Waals surface area contributed by atoms with Gasteiger partial charge in [0, 0.05) is 23.2 Å². The van der Waals surface area contributed by atoms with Gasteiger partial charge in [0.15, 0.2) is 0 Å². The number of hydrogen-bond acceptors (Lipinski definition) is 3. The van der Waals surface area contributed by atoms with E-state index in [0.29, 0.717) is 16.5 Å². The van der Waals surface area contributed by atoms with Crippen LogP contribution >= 0.6 is 11.6 Å². The molecule has 0 saturated carbocycles. The van der Waals surface area contributed by atoms with E-state index < -0.39 is 0 Å². The Kier molecular flexibility index (Phi) is 2.66. The molecule has 0 radical (unpaired) electrons. The lowest BCUT2D eigenvalue weighted by Gasteiger charge is -2.15. The highest BCUT2D eigenvalue weighted by molar-refractivity contribution is 6.32. The van der Waals surface area contributed by atoms with Gasteiger partial charge in [-0.25, -0.2) is 4.90 Å². The summed E-state index contributed by atoms with van der Waals surface area (Å²) in [6.45, 7) is 0. The Hall–Kier alpha value is -1.81. The van der Waals surface area contributed by atoms with Crippen LogP contribution in [0.4, 0.5) is 5.69 Å². The number of carbonyl (C=O) groups is 2. The Labute approximate surface area is 97.1 Å². The normalized spacial score (nSPS) is 14.8. The Balaban J connectivity index is 2.44. The number of methoxy groups -OCH3 is 1. The van der Waals surface area contributed by atoms with Crippen molar-refractivity contribution in [2.45, 2.75) is 0 Å². The molecule has 0 unspecified atom stereocenters. The first-order valence-corrected chi connectivity index (χ1v) is 4.90. The van der Waals surface area contributed by atoms with Crippen LogP contribution in [0.3, 0.4) is 0 Å². The third-order valence-electron chi connectivity index (χ3n) is 2.16. The SMILES string of the molecule is COc1cc(Cl)cc(N2C(=O)C=CC2=O)c1. The minimum absolute atomic E-state index is 0.380. The molecule has 0 aromatic heterocycles. The summed E-state index contributed by atoms with van der Waals surface area (Å²) in [5.74, 6) is -0.265. The van der Waals surface area contributed by atoms with Crippen LogP contribution in [0.1, 0.15) is 0 Å². The van der Waals surface area contributed by atoms with E-state index in [1.54, 1.807) is 12.1 Å². The van der Waals surface area contributed by atoms with Gasteiger partial charge in [-0.1, -0.05) is 11.6 Å². The molecule has 0 atom stereocenters. The maximum atomic E-state index is 11.4. The van der Waals surface area contributed by atoms with Crippen molar-refractivity contribution >= 4 is 29.1 Å². The summed E-state index contributed by atoms with van der Waals surface area (Å²) >= 11 is 5.85. The van der Waals surface area contributed by atoms with E-state index in [1.165, 1.54) is 25.3 Å². The third kappa shape index (κ3) is 1.79. The summed E-state index contributed by atoms with van der Waals surface area (Å²) in [4.78, 5) is 23.9. The van der Waals surface area contributed by atoms with Crippen molar-refractivity contribution in [3.05, 3.63) is 35.4 Å². The number of rotatable bonds is 2. The summed E-state index contributed by atoms with van der Waals surface area (Å²) in [5.41, 5.74) is 0.407. The zero-order valence-corrected chi connectivity index (χ0v) is 9.19. The standard InChI is InChI=1S/C11H8ClNO3/c1-16-9-5-7(12)4-8(6-9)13-10(14)2-3-11(13)15/h2-6H,1H3. The van der Waals surface area contributed by atoms with E-state index in [2.05, 4.69) is 0 Å². The lowest BCUT2D eigenvalue weighted by atomic mass is 10.2. The van der Waals surface area contributed by atoms with E-state index in [-0.39, 0.29) is 11.8 Å². The quantitative estimate of drug-likeness (QED) is 0.737. The highest BCUT2D eigenvalue weighted by atomic mass is 35.5. The Morgan fingerprint density at radius 1 is 1.12 bits per heavy atom. The molecule has 1 aliphatic rings. The van der Waals surface area contributed by atoms with Gasteiger partial charge in [0.05, 0.1) is 12.8 Å². The molecular weight excluding hydrogens is 230 g/mol. The maximum Gasteiger partial charge on any atom is 0.258 e. The van der Waals surface area contributed by atoms with Gasteiger partial charge in [-0.3, -0.25) is 9.59 Å². The summed E-state index contributed by atoms with van der Waals surface area (Å²) in [6.07, 6.45) is 2.44. The molecule has 0 N–H and O–H groups in total. The molecule has 0 spiro atoms. The van der Waals surface area contributed by atoms with Crippen LogP contribution in [0.5, 0.6) is 5.75 Å². The van der Waals surface area contributed by atoms with Crippen molar-refractivity contribution in [3.63, 3.8) is 0 Å². The van der Waals surface area contributed by atoms with Gasteiger partial charge in [0.1, 0.15) is 5.75 Å². The molecule has 1 heterocycles. The van der Waals surface area contributed by atoms with Crippen LogP contribution in [0.25, 0.3) is 0 Å². The van der Waals surface area contributed by atoms with E-state index in [0.717, 1.165) is 4.90 Å². The second-order valence-electron chi connectivity index (χ2n) is 3.19. The molecule has 16 heavy (non-hydrogen) atoms. The van der Waals surface area contributed by atoms with Crippen molar-refractivity contribution < 1.29 is 14.3 Å². The molecular formula is C11H8ClNO3. The smallest absolute Gasteiger partial charge is 0.258 e. The number of amides is 2. The zero-order valence-electron chi connectivity index (χ0n) is 8.44. The fourth-order valence-electron chi connectivity index (χ4n) is 1.45. The van der Waals surface area contributed by atoms with E-state index in [4.69, 9.17) is 16.3 Å². The summed E-state index contributed by atoms with van der Waals surface area (Å²) < 4.78 is 5.01. The molecule has 1 aromatic rings. The average Bonchev–Trinajstić information content (AvgIpc) is 2.57. The van der Waals surface area contributed by atoms with Gasteiger partial charge in [-0.15, -0.1) is 0 Å². The largest absolute Gasteiger partial charge is 0.497 e. The second kappa shape index (κ2) is 3.98. The highest BCUT2D eigenvalue weighted by Gasteiger charge is 2.25. The average molecular weight is 238 g/mol. The first-order chi connectivity index (χ1) is 7.61. The fraction of sp³-hybridized carbons (Fsp3) is 0.0909. The van der Waals surface area contributed by atoms with Crippen molar-refractivity contribution in [1.29, 1.82) is 0 Å². The Morgan fingerprint density at radius 3 is 2.31 bits per heavy atom. The van der Waals surface area contributed by atoms with Crippen LogP contribution in [-0.2, 0) is 9.59 Å². The number of imide groups is 1. The van der Waals surface area contributed by atoms with E-state index in [9.17, 15) is 9.59 Å². The molecule has 0 bridgehead atoms. The monoisotopic (exact) mass is 237 g/mol.